The fourth-order valence-corrected chi connectivity index (χ4v) is 1.73. The highest BCUT2D eigenvalue weighted by Gasteiger charge is 2.27. The van der Waals surface area contributed by atoms with Crippen LogP contribution in [0, 0.1) is 11.3 Å². The molecule has 0 saturated heterocycles. The molecule has 0 aromatic heterocycles. The maximum Gasteiger partial charge on any atom is 0.307 e. The van der Waals surface area contributed by atoms with Gasteiger partial charge in [-0.1, -0.05) is 32.5 Å². The molecule has 0 aromatic carbocycles. The molecule has 0 aliphatic rings. The molecule has 0 spiro atoms. The van der Waals surface area contributed by atoms with Gasteiger partial charge in [0.05, 0.1) is 5.92 Å². The van der Waals surface area contributed by atoms with Gasteiger partial charge in [-0.2, -0.15) is 0 Å². The van der Waals surface area contributed by atoms with Crippen molar-refractivity contribution in [3.8, 4) is 0 Å². The van der Waals surface area contributed by atoms with Crippen LogP contribution in [0.2, 0.25) is 0 Å². The summed E-state index contributed by atoms with van der Waals surface area (Å²) in [5, 5.41) is 8.55. The van der Waals surface area contributed by atoms with Crippen molar-refractivity contribution in [2.24, 2.45) is 11.3 Å². The highest BCUT2D eigenvalue weighted by molar-refractivity contribution is 8.13. The van der Waals surface area contributed by atoms with Crippen LogP contribution >= 0.6 is 23.4 Å². The summed E-state index contributed by atoms with van der Waals surface area (Å²) in [6.45, 7) is 5.08. The Morgan fingerprint density at radius 2 is 2.00 bits per heavy atom. The molecule has 14 heavy (non-hydrogen) atoms. The lowest BCUT2D eigenvalue weighted by Gasteiger charge is -2.19. The summed E-state index contributed by atoms with van der Waals surface area (Å²) in [5.74, 6) is -0.835. The number of carboxylic acid groups (broad SMARTS) is 1. The number of aliphatic carboxylic acids is 1. The highest BCUT2D eigenvalue weighted by Crippen LogP contribution is 2.26. The van der Waals surface area contributed by atoms with Crippen LogP contribution in [-0.4, -0.2) is 27.8 Å². The van der Waals surface area contributed by atoms with Crippen molar-refractivity contribution in [3.05, 3.63) is 0 Å². The zero-order valence-corrected chi connectivity index (χ0v) is 10.1. The predicted octanol–water partition coefficient (Wildman–Crippen LogP) is 2.23. The third-order valence-corrected chi connectivity index (χ3v) is 3.92. The average molecular weight is 239 g/mol. The molecule has 1 N–H and O–H groups in total. The van der Waals surface area contributed by atoms with Crippen LogP contribution in [0.15, 0.2) is 0 Å². The lowest BCUT2D eigenvalue weighted by atomic mass is 9.99. The number of alkyl halides is 1. The lowest BCUT2D eigenvalue weighted by molar-refractivity contribution is -0.140. The molecule has 0 amide bonds. The molecule has 0 heterocycles. The van der Waals surface area contributed by atoms with E-state index in [4.69, 9.17) is 16.7 Å². The number of carbonyl (C=O) groups is 2. The van der Waals surface area contributed by atoms with Gasteiger partial charge in [0.2, 0.25) is 0 Å². The zero-order chi connectivity index (χ0) is 11.4. The second-order valence-corrected chi connectivity index (χ2v) is 5.12. The SMILES string of the molecule is C[C@H](CSC(=O)C(C)(C)CCl)C(=O)O. The van der Waals surface area contributed by atoms with Gasteiger partial charge in [0.25, 0.3) is 0 Å². The van der Waals surface area contributed by atoms with E-state index in [2.05, 4.69) is 0 Å². The molecule has 3 nitrogen and oxygen atoms in total. The number of carboxylic acids is 1. The molecule has 0 radical (unpaired) electrons. The van der Waals surface area contributed by atoms with Crippen molar-refractivity contribution in [1.82, 2.24) is 0 Å². The predicted molar refractivity (Wildman–Crippen MR) is 58.8 cm³/mol. The molecular formula is C9H15ClO3S. The van der Waals surface area contributed by atoms with Gasteiger partial charge >= 0.3 is 5.97 Å². The molecule has 82 valence electrons. The third-order valence-electron chi connectivity index (χ3n) is 1.77. The van der Waals surface area contributed by atoms with E-state index in [9.17, 15) is 9.59 Å². The molecule has 5 heteroatoms. The summed E-state index contributed by atoms with van der Waals surface area (Å²) >= 11 is 6.66. The van der Waals surface area contributed by atoms with Crippen LogP contribution in [0.3, 0.4) is 0 Å². The van der Waals surface area contributed by atoms with Crippen molar-refractivity contribution < 1.29 is 14.7 Å². The van der Waals surface area contributed by atoms with E-state index in [1.165, 1.54) is 0 Å². The third kappa shape index (κ3) is 4.33. The first kappa shape index (κ1) is 13.8. The van der Waals surface area contributed by atoms with Crippen molar-refractivity contribution in [1.29, 1.82) is 0 Å². The Labute approximate surface area is 93.2 Å². The number of thioether (sulfide) groups is 1. The molecule has 0 aliphatic carbocycles. The van der Waals surface area contributed by atoms with Crippen molar-refractivity contribution in [3.63, 3.8) is 0 Å². The Bertz CT molecular complexity index is 228. The van der Waals surface area contributed by atoms with E-state index < -0.39 is 17.3 Å². The fraction of sp³-hybridized carbons (Fsp3) is 0.778. The number of rotatable bonds is 5. The minimum absolute atomic E-state index is 0.0550. The van der Waals surface area contributed by atoms with Gasteiger partial charge in [-0.3, -0.25) is 9.59 Å². The summed E-state index contributed by atoms with van der Waals surface area (Å²) in [6.07, 6.45) is 0. The average Bonchev–Trinajstić information content (AvgIpc) is 2.13. The standard InChI is InChI=1S/C9H15ClO3S/c1-6(7(11)12)4-14-8(13)9(2,3)5-10/h6H,4-5H2,1-3H3,(H,11,12)/t6-/m1/s1. The van der Waals surface area contributed by atoms with E-state index in [-0.39, 0.29) is 11.0 Å². The van der Waals surface area contributed by atoms with Gasteiger partial charge in [0.1, 0.15) is 0 Å². The second-order valence-electron chi connectivity index (χ2n) is 3.86. The van der Waals surface area contributed by atoms with Gasteiger partial charge in [-0.15, -0.1) is 11.6 Å². The quantitative estimate of drug-likeness (QED) is 0.747. The lowest BCUT2D eigenvalue weighted by Crippen LogP contribution is -2.25. The molecule has 1 atom stereocenters. The Morgan fingerprint density at radius 1 is 1.50 bits per heavy atom. The van der Waals surface area contributed by atoms with E-state index in [0.29, 0.717) is 5.75 Å². The van der Waals surface area contributed by atoms with Crippen LogP contribution < -0.4 is 0 Å². The topological polar surface area (TPSA) is 54.4 Å². The van der Waals surface area contributed by atoms with Crippen LogP contribution in [0.1, 0.15) is 20.8 Å². The smallest absolute Gasteiger partial charge is 0.307 e. The molecule has 0 saturated carbocycles. The van der Waals surface area contributed by atoms with Crippen molar-refractivity contribution in [2.45, 2.75) is 20.8 Å². The molecular weight excluding hydrogens is 224 g/mol. The first-order chi connectivity index (χ1) is 6.31. The van der Waals surface area contributed by atoms with Crippen LogP contribution in [0.25, 0.3) is 0 Å². The Hall–Kier alpha value is -0.220. The summed E-state index contributed by atoms with van der Waals surface area (Å²) in [7, 11) is 0. The molecule has 0 bridgehead atoms. The number of hydrogen-bond acceptors (Lipinski definition) is 3. The van der Waals surface area contributed by atoms with Crippen LogP contribution in [0.5, 0.6) is 0 Å². The van der Waals surface area contributed by atoms with Crippen molar-refractivity contribution in [2.75, 3.05) is 11.6 Å². The molecule has 0 fully saturated rings. The number of carbonyl (C=O) groups excluding carboxylic acids is 1. The molecule has 0 rings (SSSR count). The monoisotopic (exact) mass is 238 g/mol. The first-order valence-corrected chi connectivity index (χ1v) is 5.79. The zero-order valence-electron chi connectivity index (χ0n) is 8.54. The van der Waals surface area contributed by atoms with E-state index in [1.54, 1.807) is 20.8 Å². The maximum atomic E-state index is 11.5. The normalized spacial score (nSPS) is 13.7. The van der Waals surface area contributed by atoms with E-state index >= 15 is 0 Å². The van der Waals surface area contributed by atoms with Gasteiger partial charge in [-0.05, 0) is 0 Å². The number of halogens is 1. The molecule has 0 aromatic rings. The first-order valence-electron chi connectivity index (χ1n) is 4.27. The Kier molecular flexibility index (Phi) is 5.52. The Balaban J connectivity index is 4.03. The van der Waals surface area contributed by atoms with Gasteiger partial charge < -0.3 is 5.11 Å². The van der Waals surface area contributed by atoms with Gasteiger partial charge in [0.15, 0.2) is 5.12 Å². The minimum atomic E-state index is -0.881. The van der Waals surface area contributed by atoms with Crippen LogP contribution in [-0.2, 0) is 9.59 Å². The van der Waals surface area contributed by atoms with Crippen molar-refractivity contribution >= 4 is 34.4 Å². The van der Waals surface area contributed by atoms with E-state index in [1.807, 2.05) is 0 Å². The van der Waals surface area contributed by atoms with Gasteiger partial charge in [0, 0.05) is 17.0 Å². The van der Waals surface area contributed by atoms with Gasteiger partial charge in [-0.25, -0.2) is 0 Å². The summed E-state index contributed by atoms with van der Waals surface area (Å²) in [4.78, 5) is 22.0. The number of hydrogen-bond donors (Lipinski definition) is 1. The maximum absolute atomic E-state index is 11.5. The Morgan fingerprint density at radius 3 is 2.36 bits per heavy atom. The fourth-order valence-electron chi connectivity index (χ4n) is 0.522. The minimum Gasteiger partial charge on any atom is -0.481 e. The molecule has 0 unspecified atom stereocenters. The highest BCUT2D eigenvalue weighted by atomic mass is 35.5. The van der Waals surface area contributed by atoms with Crippen LogP contribution in [0.4, 0.5) is 0 Å². The largest absolute Gasteiger partial charge is 0.481 e. The van der Waals surface area contributed by atoms with E-state index in [0.717, 1.165) is 11.8 Å². The summed E-state index contributed by atoms with van der Waals surface area (Å²) in [5.41, 5.74) is -0.579. The second kappa shape index (κ2) is 5.61. The summed E-state index contributed by atoms with van der Waals surface area (Å²) < 4.78 is 0. The summed E-state index contributed by atoms with van der Waals surface area (Å²) in [6, 6.07) is 0. The molecule has 0 aliphatic heterocycles.